The number of hydrogen-bond acceptors (Lipinski definition) is 1. The summed E-state index contributed by atoms with van der Waals surface area (Å²) in [6, 6.07) is 43.2. The largest absolute Gasteiger partial charge is 0.417 e. The Bertz CT molecular complexity index is 3460. The number of aromatic nitrogens is 2. The van der Waals surface area contributed by atoms with Crippen LogP contribution in [0.5, 0.6) is 0 Å². The van der Waals surface area contributed by atoms with Crippen molar-refractivity contribution in [1.29, 1.82) is 5.26 Å². The molecule has 0 amide bonds. The van der Waals surface area contributed by atoms with Crippen molar-refractivity contribution in [3.8, 4) is 50.8 Å². The van der Waals surface area contributed by atoms with Gasteiger partial charge in [-0.2, -0.15) is 31.6 Å². The van der Waals surface area contributed by atoms with E-state index in [0.29, 0.717) is 28.1 Å². The molecule has 0 fully saturated rings. The Labute approximate surface area is 377 Å². The molecule has 0 aliphatic heterocycles. The molecule has 66 heavy (non-hydrogen) atoms. The van der Waals surface area contributed by atoms with Gasteiger partial charge in [-0.05, 0) is 158 Å². The summed E-state index contributed by atoms with van der Waals surface area (Å²) in [5.74, 6) is 0. The molecule has 0 radical (unpaired) electrons. The third-order valence-corrected chi connectivity index (χ3v) is 12.9. The van der Waals surface area contributed by atoms with Crippen molar-refractivity contribution >= 4 is 43.6 Å². The van der Waals surface area contributed by atoms with Crippen LogP contribution in [-0.2, 0) is 12.4 Å². The van der Waals surface area contributed by atoms with E-state index in [9.17, 15) is 18.4 Å². The molecule has 0 N–H and O–H groups in total. The van der Waals surface area contributed by atoms with Crippen LogP contribution in [0, 0.1) is 52.9 Å². The summed E-state index contributed by atoms with van der Waals surface area (Å²) in [6.07, 6.45) is -10.2. The molecule has 0 saturated heterocycles. The minimum Gasteiger partial charge on any atom is -0.308 e. The van der Waals surface area contributed by atoms with Gasteiger partial charge in [0.25, 0.3) is 0 Å². The second kappa shape index (κ2) is 15.3. The lowest BCUT2D eigenvalue weighted by atomic mass is 9.93. The quantitative estimate of drug-likeness (QED) is 0.159. The molecule has 0 unspecified atom stereocenters. The molecule has 9 heteroatoms. The fraction of sp³-hybridized carbons (Fsp3) is 0.140. The van der Waals surface area contributed by atoms with Crippen LogP contribution in [0.3, 0.4) is 0 Å². The van der Waals surface area contributed by atoms with Crippen LogP contribution in [0.25, 0.3) is 88.4 Å². The van der Waals surface area contributed by atoms with Gasteiger partial charge < -0.3 is 9.13 Å². The number of nitriles is 1. The van der Waals surface area contributed by atoms with Crippen LogP contribution in [0.4, 0.5) is 26.3 Å². The van der Waals surface area contributed by atoms with Crippen molar-refractivity contribution in [1.82, 2.24) is 9.13 Å². The number of hydrogen-bond donors (Lipinski definition) is 0. The molecule has 0 bridgehead atoms. The van der Waals surface area contributed by atoms with Crippen molar-refractivity contribution in [2.75, 3.05) is 0 Å². The molecule has 0 aliphatic carbocycles. The predicted octanol–water partition coefficient (Wildman–Crippen LogP) is 16.6. The van der Waals surface area contributed by atoms with Crippen LogP contribution in [0.2, 0.25) is 0 Å². The highest BCUT2D eigenvalue weighted by atomic mass is 19.4. The summed E-state index contributed by atoms with van der Waals surface area (Å²) in [4.78, 5) is 0. The summed E-state index contributed by atoms with van der Waals surface area (Å²) in [7, 11) is 0. The number of benzene rings is 8. The lowest BCUT2D eigenvalue weighted by molar-refractivity contribution is -0.142. The second-order valence-corrected chi connectivity index (χ2v) is 17.5. The van der Waals surface area contributed by atoms with E-state index in [1.807, 2.05) is 81.9 Å². The Morgan fingerprint density at radius 1 is 0.424 bits per heavy atom. The van der Waals surface area contributed by atoms with Gasteiger partial charge in [-0.15, -0.1) is 0 Å². The molecule has 3 nitrogen and oxygen atoms in total. The van der Waals surface area contributed by atoms with E-state index in [1.165, 1.54) is 12.1 Å². The van der Waals surface area contributed by atoms with E-state index in [0.717, 1.165) is 83.2 Å². The average Bonchev–Trinajstić information content (AvgIpc) is 3.76. The van der Waals surface area contributed by atoms with Crippen molar-refractivity contribution in [3.63, 3.8) is 0 Å². The molecule has 0 saturated carbocycles. The number of nitrogens with zero attached hydrogens (tertiary/aromatic N) is 3. The van der Waals surface area contributed by atoms with Gasteiger partial charge in [-0.25, -0.2) is 0 Å². The van der Waals surface area contributed by atoms with Crippen LogP contribution < -0.4 is 0 Å². The minimum atomic E-state index is -5.16. The first-order chi connectivity index (χ1) is 31.4. The number of alkyl halides is 6. The molecule has 326 valence electrons. The SMILES string of the molecule is Cc1cc(C)c(-c2ccc3c(c2)c2ccccc2n3-c2cc(-c3ccc(C(F)(F)F)cc3C(F)(F)F)cc(-n3c4ccccc4c4cc(-c5c(C)cc(C)cc5C)ccc43)c2C#N)c(C)c1. The summed E-state index contributed by atoms with van der Waals surface area (Å²) < 4.78 is 91.3. The molecule has 0 aliphatic rings. The molecular weight excluding hydrogens is 841 g/mol. The van der Waals surface area contributed by atoms with E-state index < -0.39 is 29.0 Å². The zero-order valence-corrected chi connectivity index (χ0v) is 36.9. The van der Waals surface area contributed by atoms with Gasteiger partial charge in [0.1, 0.15) is 11.6 Å². The minimum absolute atomic E-state index is 0.0121. The second-order valence-electron chi connectivity index (χ2n) is 17.5. The fourth-order valence-corrected chi connectivity index (χ4v) is 10.5. The van der Waals surface area contributed by atoms with Crippen molar-refractivity contribution in [2.24, 2.45) is 0 Å². The number of rotatable bonds is 5. The summed E-state index contributed by atoms with van der Waals surface area (Å²) in [6.45, 7) is 12.4. The number of fused-ring (bicyclic) bond motifs is 6. The van der Waals surface area contributed by atoms with Crippen LogP contribution >= 0.6 is 0 Å². The van der Waals surface area contributed by atoms with E-state index in [-0.39, 0.29) is 28.6 Å². The Morgan fingerprint density at radius 3 is 1.26 bits per heavy atom. The van der Waals surface area contributed by atoms with Crippen molar-refractivity contribution in [2.45, 2.75) is 53.9 Å². The third kappa shape index (κ3) is 6.82. The maximum Gasteiger partial charge on any atom is 0.417 e. The van der Waals surface area contributed by atoms with Crippen LogP contribution in [0.1, 0.15) is 50.1 Å². The van der Waals surface area contributed by atoms with Crippen molar-refractivity contribution in [3.05, 3.63) is 190 Å². The highest BCUT2D eigenvalue weighted by molar-refractivity contribution is 6.12. The molecule has 10 aromatic rings. The normalized spacial score (nSPS) is 12.2. The Hall–Kier alpha value is -7.57. The Kier molecular flexibility index (Phi) is 9.81. The van der Waals surface area contributed by atoms with Gasteiger partial charge in [0.05, 0.1) is 44.6 Å². The fourth-order valence-electron chi connectivity index (χ4n) is 10.5. The lowest BCUT2D eigenvalue weighted by Crippen LogP contribution is -2.12. The zero-order chi connectivity index (χ0) is 46.6. The van der Waals surface area contributed by atoms with Crippen molar-refractivity contribution < 1.29 is 26.3 Å². The molecule has 2 heterocycles. The first-order valence-corrected chi connectivity index (χ1v) is 21.5. The van der Waals surface area contributed by atoms with Crippen LogP contribution in [-0.4, -0.2) is 9.13 Å². The van der Waals surface area contributed by atoms with Gasteiger partial charge >= 0.3 is 12.4 Å². The standard InChI is InChI=1S/C57H41F6N3/c1-31-21-33(3)54(34(4)22-31)37-15-19-50-44(25-37)42-11-7-9-13-48(42)65(50)52-27-39(41-18-17-40(56(58,59)60)29-47(41)57(61,62)63)28-53(46(52)30-64)66-49-14-10-8-12-43(49)45-26-38(16-20-51(45)66)55-35(5)23-32(2)24-36(55)6/h7-29H,1-6H3. The molecule has 10 rings (SSSR count). The van der Waals surface area contributed by atoms with E-state index >= 15 is 13.2 Å². The number of aryl methyl sites for hydroxylation is 6. The van der Waals surface area contributed by atoms with Crippen LogP contribution in [0.15, 0.2) is 140 Å². The Balaban J connectivity index is 1.32. The first-order valence-electron chi connectivity index (χ1n) is 21.5. The Morgan fingerprint density at radius 2 is 0.848 bits per heavy atom. The molecule has 8 aromatic carbocycles. The average molecular weight is 882 g/mol. The third-order valence-electron chi connectivity index (χ3n) is 12.9. The maximum atomic E-state index is 15.1. The molecule has 2 aromatic heterocycles. The van der Waals surface area contributed by atoms with Gasteiger partial charge in [0.2, 0.25) is 0 Å². The highest BCUT2D eigenvalue weighted by Gasteiger charge is 2.39. The summed E-state index contributed by atoms with van der Waals surface area (Å²) in [5.41, 5.74) is 11.0. The molecular formula is C57H41F6N3. The first kappa shape index (κ1) is 42.4. The van der Waals surface area contributed by atoms with Gasteiger partial charge in [0, 0.05) is 21.5 Å². The lowest BCUT2D eigenvalue weighted by Gasteiger charge is -2.21. The highest BCUT2D eigenvalue weighted by Crippen LogP contribution is 2.46. The topological polar surface area (TPSA) is 33.6 Å². The predicted molar refractivity (Wildman–Crippen MR) is 255 cm³/mol. The monoisotopic (exact) mass is 881 g/mol. The maximum absolute atomic E-state index is 15.1. The van der Waals surface area contributed by atoms with E-state index in [4.69, 9.17) is 0 Å². The molecule has 0 spiro atoms. The summed E-state index contributed by atoms with van der Waals surface area (Å²) in [5, 5.41) is 14.8. The van der Waals surface area contributed by atoms with Gasteiger partial charge in [-0.3, -0.25) is 0 Å². The number of para-hydroxylation sites is 2. The van der Waals surface area contributed by atoms with E-state index in [2.05, 4.69) is 84.0 Å². The van der Waals surface area contributed by atoms with Gasteiger partial charge in [-0.1, -0.05) is 90.0 Å². The zero-order valence-electron chi connectivity index (χ0n) is 36.9. The van der Waals surface area contributed by atoms with E-state index in [1.54, 1.807) is 0 Å². The molecule has 0 atom stereocenters. The summed E-state index contributed by atoms with van der Waals surface area (Å²) >= 11 is 0. The smallest absolute Gasteiger partial charge is 0.308 e. The van der Waals surface area contributed by atoms with Gasteiger partial charge in [0.15, 0.2) is 0 Å². The number of halogens is 6.